The molecule has 0 radical (unpaired) electrons. The third kappa shape index (κ3) is 6.51. The molecular formula is C13H12F3N5OS. The number of carbonyl (C=O) groups is 1. The summed E-state index contributed by atoms with van der Waals surface area (Å²) in [5, 5.41) is 8.02. The van der Waals surface area contributed by atoms with Gasteiger partial charge in [0.05, 0.1) is 17.0 Å². The first-order valence-corrected chi connectivity index (χ1v) is 7.37. The molecule has 0 bridgehead atoms. The molecule has 1 N–H and O–H groups in total. The van der Waals surface area contributed by atoms with Crippen LogP contribution >= 0.6 is 11.8 Å². The number of thioether (sulfide) groups is 1. The molecule has 2 rings (SSSR count). The van der Waals surface area contributed by atoms with Gasteiger partial charge in [0.1, 0.15) is 12.2 Å². The maximum absolute atomic E-state index is 12.2. The van der Waals surface area contributed by atoms with Gasteiger partial charge in [0.2, 0.25) is 5.91 Å². The SMILES string of the molecule is O=C(CSc1ccccn1)N/N=C/c1ccn(CC(F)(F)F)n1. The Morgan fingerprint density at radius 3 is 2.91 bits per heavy atom. The van der Waals surface area contributed by atoms with Gasteiger partial charge < -0.3 is 0 Å². The summed E-state index contributed by atoms with van der Waals surface area (Å²) in [6.07, 6.45) is -0.350. The van der Waals surface area contributed by atoms with Gasteiger partial charge in [-0.3, -0.25) is 9.48 Å². The lowest BCUT2D eigenvalue weighted by Crippen LogP contribution is -2.20. The van der Waals surface area contributed by atoms with E-state index < -0.39 is 12.7 Å². The molecule has 0 aliphatic heterocycles. The van der Waals surface area contributed by atoms with Crippen molar-refractivity contribution in [2.24, 2.45) is 5.10 Å². The molecule has 2 heterocycles. The first-order valence-electron chi connectivity index (χ1n) is 6.38. The van der Waals surface area contributed by atoms with Gasteiger partial charge in [0.15, 0.2) is 0 Å². The van der Waals surface area contributed by atoms with Crippen molar-refractivity contribution < 1.29 is 18.0 Å². The van der Waals surface area contributed by atoms with Gasteiger partial charge in [-0.1, -0.05) is 17.8 Å². The molecule has 0 saturated carbocycles. The second kappa shape index (κ2) is 7.77. The Bertz CT molecular complexity index is 672. The lowest BCUT2D eigenvalue weighted by atomic mass is 10.5. The predicted molar refractivity (Wildman–Crippen MR) is 79.0 cm³/mol. The molecule has 2 aromatic heterocycles. The third-order valence-corrected chi connectivity index (χ3v) is 3.32. The molecular weight excluding hydrogens is 331 g/mol. The number of amides is 1. The van der Waals surface area contributed by atoms with Crippen molar-refractivity contribution in [3.8, 4) is 0 Å². The second-order valence-electron chi connectivity index (χ2n) is 4.30. The summed E-state index contributed by atoms with van der Waals surface area (Å²) in [5.74, 6) is -0.233. The Morgan fingerprint density at radius 2 is 2.22 bits per heavy atom. The van der Waals surface area contributed by atoms with Crippen molar-refractivity contribution in [3.05, 3.63) is 42.4 Å². The van der Waals surface area contributed by atoms with Gasteiger partial charge in [-0.15, -0.1) is 0 Å². The average molecular weight is 343 g/mol. The number of alkyl halides is 3. The lowest BCUT2D eigenvalue weighted by molar-refractivity contribution is -0.142. The normalized spacial score (nSPS) is 11.8. The first kappa shape index (κ1) is 17.0. The summed E-state index contributed by atoms with van der Waals surface area (Å²) >= 11 is 1.24. The molecule has 0 aliphatic rings. The zero-order valence-electron chi connectivity index (χ0n) is 11.7. The van der Waals surface area contributed by atoms with Crippen molar-refractivity contribution >= 4 is 23.9 Å². The van der Waals surface area contributed by atoms with Crippen LogP contribution in [0.2, 0.25) is 0 Å². The van der Waals surface area contributed by atoms with Gasteiger partial charge >= 0.3 is 6.18 Å². The van der Waals surface area contributed by atoms with E-state index in [-0.39, 0.29) is 17.4 Å². The zero-order valence-corrected chi connectivity index (χ0v) is 12.5. The number of carbonyl (C=O) groups excluding carboxylic acids is 1. The molecule has 0 saturated heterocycles. The van der Waals surface area contributed by atoms with Crippen LogP contribution in [0.15, 0.2) is 46.8 Å². The van der Waals surface area contributed by atoms with Crippen molar-refractivity contribution in [3.63, 3.8) is 0 Å². The summed E-state index contributed by atoms with van der Waals surface area (Å²) in [7, 11) is 0. The Balaban J connectivity index is 1.76. The van der Waals surface area contributed by atoms with Gasteiger partial charge in [0.25, 0.3) is 0 Å². The van der Waals surface area contributed by atoms with Gasteiger partial charge in [-0.25, -0.2) is 10.4 Å². The van der Waals surface area contributed by atoms with Crippen LogP contribution in [0.3, 0.4) is 0 Å². The molecule has 23 heavy (non-hydrogen) atoms. The molecule has 10 heteroatoms. The van der Waals surface area contributed by atoms with Crippen LogP contribution in [0.25, 0.3) is 0 Å². The van der Waals surface area contributed by atoms with Crippen LogP contribution in [0, 0.1) is 0 Å². The zero-order chi connectivity index (χ0) is 16.7. The standard InChI is InChI=1S/C13H12F3N5OS/c14-13(15,16)9-21-6-4-10(20-21)7-18-19-11(22)8-23-12-3-1-2-5-17-12/h1-7H,8-9H2,(H,19,22)/b18-7+. The highest BCUT2D eigenvalue weighted by atomic mass is 32.2. The molecule has 0 unspecified atom stereocenters. The number of hydrogen-bond donors (Lipinski definition) is 1. The Kier molecular flexibility index (Phi) is 5.74. The number of halogens is 3. The van der Waals surface area contributed by atoms with Crippen molar-refractivity contribution in [1.82, 2.24) is 20.2 Å². The summed E-state index contributed by atoms with van der Waals surface area (Å²) in [6, 6.07) is 6.72. The number of pyridine rings is 1. The maximum atomic E-state index is 12.2. The van der Waals surface area contributed by atoms with Crippen LogP contribution in [-0.2, 0) is 11.3 Å². The van der Waals surface area contributed by atoms with Crippen LogP contribution in [-0.4, -0.2) is 38.8 Å². The Labute approximate surface area is 133 Å². The molecule has 0 spiro atoms. The van der Waals surface area contributed by atoms with Crippen LogP contribution in [0.1, 0.15) is 5.69 Å². The topological polar surface area (TPSA) is 72.2 Å². The fourth-order valence-corrected chi connectivity index (χ4v) is 2.15. The summed E-state index contributed by atoms with van der Waals surface area (Å²) in [4.78, 5) is 15.6. The van der Waals surface area contributed by atoms with Crippen molar-refractivity contribution in [2.45, 2.75) is 17.7 Å². The highest BCUT2D eigenvalue weighted by molar-refractivity contribution is 7.99. The first-order chi connectivity index (χ1) is 10.9. The Hall–Kier alpha value is -2.36. The van der Waals surface area contributed by atoms with Crippen LogP contribution in [0.5, 0.6) is 0 Å². The van der Waals surface area contributed by atoms with E-state index in [1.54, 1.807) is 18.3 Å². The second-order valence-corrected chi connectivity index (χ2v) is 5.30. The molecule has 1 amide bonds. The number of hydrazone groups is 1. The van der Waals surface area contributed by atoms with E-state index in [9.17, 15) is 18.0 Å². The smallest absolute Gasteiger partial charge is 0.272 e. The van der Waals surface area contributed by atoms with Crippen LogP contribution in [0.4, 0.5) is 13.2 Å². The molecule has 122 valence electrons. The number of rotatable bonds is 6. The highest BCUT2D eigenvalue weighted by Gasteiger charge is 2.28. The maximum Gasteiger partial charge on any atom is 0.408 e. The van der Waals surface area contributed by atoms with Gasteiger partial charge in [0, 0.05) is 12.4 Å². The van der Waals surface area contributed by atoms with Crippen LogP contribution < -0.4 is 5.43 Å². The summed E-state index contributed by atoms with van der Waals surface area (Å²) in [5.41, 5.74) is 2.48. The summed E-state index contributed by atoms with van der Waals surface area (Å²) in [6.45, 7) is -1.17. The largest absolute Gasteiger partial charge is 0.408 e. The number of nitrogens with zero attached hydrogens (tertiary/aromatic N) is 4. The molecule has 2 aromatic rings. The van der Waals surface area contributed by atoms with Gasteiger partial charge in [-0.2, -0.15) is 23.4 Å². The van der Waals surface area contributed by atoms with E-state index in [1.807, 2.05) is 6.07 Å². The van der Waals surface area contributed by atoms with Gasteiger partial charge in [-0.05, 0) is 18.2 Å². The number of hydrogen-bond acceptors (Lipinski definition) is 5. The minimum atomic E-state index is -4.34. The lowest BCUT2D eigenvalue weighted by Gasteiger charge is -2.04. The minimum absolute atomic E-state index is 0.122. The average Bonchev–Trinajstić information content (AvgIpc) is 2.91. The van der Waals surface area contributed by atoms with E-state index in [2.05, 4.69) is 20.6 Å². The number of aromatic nitrogens is 3. The molecule has 0 aliphatic carbocycles. The van der Waals surface area contributed by atoms with E-state index >= 15 is 0 Å². The third-order valence-electron chi connectivity index (χ3n) is 2.38. The molecule has 0 fully saturated rings. The van der Waals surface area contributed by atoms with Crippen molar-refractivity contribution in [2.75, 3.05) is 5.75 Å². The van der Waals surface area contributed by atoms with E-state index in [4.69, 9.17) is 0 Å². The van der Waals surface area contributed by atoms with E-state index in [0.717, 1.165) is 4.68 Å². The monoisotopic (exact) mass is 343 g/mol. The fourth-order valence-electron chi connectivity index (χ4n) is 1.49. The predicted octanol–water partition coefficient (Wildman–Crippen LogP) is 2.08. The van der Waals surface area contributed by atoms with E-state index in [1.165, 1.54) is 30.2 Å². The van der Waals surface area contributed by atoms with E-state index in [0.29, 0.717) is 5.03 Å². The minimum Gasteiger partial charge on any atom is -0.272 e. The number of nitrogens with one attached hydrogen (secondary N) is 1. The van der Waals surface area contributed by atoms with Crippen molar-refractivity contribution in [1.29, 1.82) is 0 Å². The molecule has 6 nitrogen and oxygen atoms in total. The summed E-state index contributed by atoms with van der Waals surface area (Å²) < 4.78 is 37.3. The fraction of sp³-hybridized carbons (Fsp3) is 0.231. The highest BCUT2D eigenvalue weighted by Crippen LogP contribution is 2.16. The quantitative estimate of drug-likeness (QED) is 0.495. The molecule has 0 aromatic carbocycles. The Morgan fingerprint density at radius 1 is 1.39 bits per heavy atom. The molecule has 0 atom stereocenters.